The van der Waals surface area contributed by atoms with Crippen LogP contribution in [0.15, 0.2) is 49.2 Å². The molecule has 0 unspecified atom stereocenters. The van der Waals surface area contributed by atoms with Gasteiger partial charge in [0.25, 0.3) is 0 Å². The number of alkyl halides is 3. The van der Waals surface area contributed by atoms with Crippen LogP contribution >= 0.6 is 11.6 Å². The van der Waals surface area contributed by atoms with Gasteiger partial charge in [0, 0.05) is 17.3 Å². The van der Waals surface area contributed by atoms with Crippen LogP contribution in [0.5, 0.6) is 0 Å². The molecule has 9 heteroatoms. The standard InChI is InChI=1S/C18H11ClF3N5/c1-9(18(20,21)22)15-12-5-4-11(7-10(12)8-14(19)25-15)24-17-16-13(26-27-17)3-2-6-23-16/h2-8H,1H2,(H2,24,26,27). The van der Waals surface area contributed by atoms with E-state index < -0.39 is 11.7 Å². The summed E-state index contributed by atoms with van der Waals surface area (Å²) in [5.41, 5.74) is 0.697. The lowest BCUT2D eigenvalue weighted by Crippen LogP contribution is -2.11. The van der Waals surface area contributed by atoms with E-state index in [-0.39, 0.29) is 10.8 Å². The normalized spacial score (nSPS) is 11.9. The Morgan fingerprint density at radius 1 is 1.19 bits per heavy atom. The van der Waals surface area contributed by atoms with Crippen molar-refractivity contribution in [2.24, 2.45) is 0 Å². The van der Waals surface area contributed by atoms with E-state index in [1.807, 2.05) is 6.07 Å². The average molecular weight is 390 g/mol. The summed E-state index contributed by atoms with van der Waals surface area (Å²) in [5, 5.41) is 10.9. The van der Waals surface area contributed by atoms with Gasteiger partial charge in [0.15, 0.2) is 5.82 Å². The highest BCUT2D eigenvalue weighted by Gasteiger charge is 2.35. The second-order valence-electron chi connectivity index (χ2n) is 5.80. The Labute approximate surface area is 155 Å². The number of halogens is 4. The second-order valence-corrected chi connectivity index (χ2v) is 6.19. The fourth-order valence-electron chi connectivity index (χ4n) is 2.74. The van der Waals surface area contributed by atoms with Gasteiger partial charge in [0.1, 0.15) is 10.7 Å². The molecule has 0 aliphatic rings. The highest BCUT2D eigenvalue weighted by atomic mass is 35.5. The van der Waals surface area contributed by atoms with Crippen LogP contribution in [0.25, 0.3) is 27.4 Å². The molecule has 136 valence electrons. The minimum Gasteiger partial charge on any atom is -0.337 e. The highest BCUT2D eigenvalue weighted by Crippen LogP contribution is 2.36. The van der Waals surface area contributed by atoms with Gasteiger partial charge in [0.05, 0.1) is 16.8 Å². The molecule has 4 aromatic rings. The second kappa shape index (κ2) is 6.24. The van der Waals surface area contributed by atoms with E-state index in [9.17, 15) is 13.2 Å². The number of aromatic nitrogens is 4. The van der Waals surface area contributed by atoms with Crippen molar-refractivity contribution in [2.75, 3.05) is 5.32 Å². The zero-order valence-electron chi connectivity index (χ0n) is 13.6. The van der Waals surface area contributed by atoms with E-state index in [1.54, 1.807) is 24.4 Å². The number of rotatable bonds is 3. The van der Waals surface area contributed by atoms with Crippen molar-refractivity contribution in [2.45, 2.75) is 6.18 Å². The molecule has 3 aromatic heterocycles. The lowest BCUT2D eigenvalue weighted by atomic mass is 10.0. The van der Waals surface area contributed by atoms with Crippen LogP contribution in [0.2, 0.25) is 5.15 Å². The molecule has 0 amide bonds. The molecular weight excluding hydrogens is 379 g/mol. The first-order valence-corrected chi connectivity index (χ1v) is 8.13. The molecule has 3 heterocycles. The third-order valence-corrected chi connectivity index (χ3v) is 4.20. The molecule has 5 nitrogen and oxygen atoms in total. The Bertz CT molecular complexity index is 1180. The molecule has 1 aromatic carbocycles. The maximum Gasteiger partial charge on any atom is 0.417 e. The van der Waals surface area contributed by atoms with Crippen molar-refractivity contribution in [3.63, 3.8) is 0 Å². The minimum absolute atomic E-state index is 0.0491. The lowest BCUT2D eigenvalue weighted by molar-refractivity contribution is -0.0688. The predicted molar refractivity (Wildman–Crippen MR) is 99.0 cm³/mol. The third kappa shape index (κ3) is 3.19. The SMILES string of the molecule is C=C(c1nc(Cl)cc2cc(Nc3n[nH]c4cccnc34)ccc12)C(F)(F)F. The molecule has 0 bridgehead atoms. The van der Waals surface area contributed by atoms with E-state index in [2.05, 4.69) is 32.1 Å². The molecule has 0 aliphatic carbocycles. The quantitative estimate of drug-likeness (QED) is 0.455. The Kier molecular flexibility index (Phi) is 4.00. The number of aromatic amines is 1. The van der Waals surface area contributed by atoms with Crippen molar-refractivity contribution in [3.8, 4) is 0 Å². The molecular formula is C18H11ClF3N5. The Hall–Kier alpha value is -3.13. The lowest BCUT2D eigenvalue weighted by Gasteiger charge is -2.13. The van der Waals surface area contributed by atoms with Gasteiger partial charge in [0.2, 0.25) is 0 Å². The number of H-pyrrole nitrogens is 1. The number of nitrogens with zero attached hydrogens (tertiary/aromatic N) is 3. The number of benzene rings is 1. The van der Waals surface area contributed by atoms with E-state index in [4.69, 9.17) is 11.6 Å². The summed E-state index contributed by atoms with van der Waals surface area (Å²) in [6, 6.07) is 9.95. The Balaban J connectivity index is 1.78. The smallest absolute Gasteiger partial charge is 0.337 e. The van der Waals surface area contributed by atoms with Crippen LogP contribution in [-0.4, -0.2) is 26.3 Å². The predicted octanol–water partition coefficient (Wildman–Crippen LogP) is 5.48. The summed E-state index contributed by atoms with van der Waals surface area (Å²) < 4.78 is 39.2. The van der Waals surface area contributed by atoms with Crippen molar-refractivity contribution in [1.82, 2.24) is 20.2 Å². The van der Waals surface area contributed by atoms with Crippen molar-refractivity contribution < 1.29 is 13.2 Å². The maximum atomic E-state index is 13.1. The van der Waals surface area contributed by atoms with Crippen molar-refractivity contribution >= 4 is 50.5 Å². The maximum absolute atomic E-state index is 13.1. The van der Waals surface area contributed by atoms with Crippen molar-refractivity contribution in [3.05, 3.63) is 60.0 Å². The highest BCUT2D eigenvalue weighted by molar-refractivity contribution is 6.30. The summed E-state index contributed by atoms with van der Waals surface area (Å²) in [6.07, 6.45) is -2.95. The largest absolute Gasteiger partial charge is 0.417 e. The number of fused-ring (bicyclic) bond motifs is 2. The summed E-state index contributed by atoms with van der Waals surface area (Å²) >= 11 is 5.92. The monoisotopic (exact) mass is 389 g/mol. The number of hydrogen-bond donors (Lipinski definition) is 2. The number of pyridine rings is 2. The summed E-state index contributed by atoms with van der Waals surface area (Å²) in [4.78, 5) is 8.07. The van der Waals surface area contributed by atoms with Gasteiger partial charge in [-0.15, -0.1) is 0 Å². The minimum atomic E-state index is -4.60. The first-order valence-electron chi connectivity index (χ1n) is 7.76. The van der Waals surface area contributed by atoms with Gasteiger partial charge in [-0.1, -0.05) is 24.2 Å². The van der Waals surface area contributed by atoms with Crippen LogP contribution in [0.1, 0.15) is 5.69 Å². The molecule has 0 atom stereocenters. The van der Waals surface area contributed by atoms with Crippen LogP contribution in [0, 0.1) is 0 Å². The molecule has 2 N–H and O–H groups in total. The van der Waals surface area contributed by atoms with Gasteiger partial charge < -0.3 is 5.32 Å². The van der Waals surface area contributed by atoms with Crippen LogP contribution < -0.4 is 5.32 Å². The van der Waals surface area contributed by atoms with Crippen LogP contribution in [0.4, 0.5) is 24.7 Å². The van der Waals surface area contributed by atoms with E-state index in [0.29, 0.717) is 27.8 Å². The number of nitrogens with one attached hydrogen (secondary N) is 2. The van der Waals surface area contributed by atoms with Gasteiger partial charge in [-0.05, 0) is 35.7 Å². The molecule has 0 saturated carbocycles. The fraction of sp³-hybridized carbons (Fsp3) is 0.0556. The van der Waals surface area contributed by atoms with E-state index >= 15 is 0 Å². The van der Waals surface area contributed by atoms with E-state index in [1.165, 1.54) is 12.1 Å². The molecule has 4 rings (SSSR count). The first-order chi connectivity index (χ1) is 12.8. The van der Waals surface area contributed by atoms with Gasteiger partial charge in [-0.3, -0.25) is 10.1 Å². The van der Waals surface area contributed by atoms with Gasteiger partial charge >= 0.3 is 6.18 Å². The molecule has 0 saturated heterocycles. The topological polar surface area (TPSA) is 66.5 Å². The number of hydrogen-bond acceptors (Lipinski definition) is 4. The molecule has 0 radical (unpaired) electrons. The Morgan fingerprint density at radius 2 is 2.00 bits per heavy atom. The zero-order chi connectivity index (χ0) is 19.2. The first kappa shape index (κ1) is 17.3. The van der Waals surface area contributed by atoms with Gasteiger partial charge in [-0.2, -0.15) is 18.3 Å². The van der Waals surface area contributed by atoms with E-state index in [0.717, 1.165) is 5.52 Å². The molecule has 0 spiro atoms. The third-order valence-electron chi connectivity index (χ3n) is 4.01. The summed E-state index contributed by atoms with van der Waals surface area (Å²) in [7, 11) is 0. The zero-order valence-corrected chi connectivity index (χ0v) is 14.4. The molecule has 0 fully saturated rings. The number of anilines is 2. The van der Waals surface area contributed by atoms with Gasteiger partial charge in [-0.25, -0.2) is 4.98 Å². The van der Waals surface area contributed by atoms with Crippen LogP contribution in [-0.2, 0) is 0 Å². The molecule has 27 heavy (non-hydrogen) atoms. The molecule has 0 aliphatic heterocycles. The Morgan fingerprint density at radius 3 is 2.78 bits per heavy atom. The average Bonchev–Trinajstić information content (AvgIpc) is 3.02. The van der Waals surface area contributed by atoms with Crippen LogP contribution in [0.3, 0.4) is 0 Å². The number of allylic oxidation sites excluding steroid dienone is 1. The summed E-state index contributed by atoms with van der Waals surface area (Å²) in [6.45, 7) is 3.12. The summed E-state index contributed by atoms with van der Waals surface area (Å²) in [5.74, 6) is 0.505. The van der Waals surface area contributed by atoms with Crippen molar-refractivity contribution in [1.29, 1.82) is 0 Å². The fourth-order valence-corrected chi connectivity index (χ4v) is 2.95.